The summed E-state index contributed by atoms with van der Waals surface area (Å²) in [7, 11) is 0. The SMILES string of the molecule is Cc1ccc(NCCNc2cnc(N)c(-c3ccc(Cl)cc3Cl)n2)nc1N. The molecule has 6 N–H and O–H groups in total. The average molecular weight is 404 g/mol. The van der Waals surface area contributed by atoms with Crippen LogP contribution in [0.1, 0.15) is 5.56 Å². The van der Waals surface area contributed by atoms with Crippen LogP contribution in [0.15, 0.2) is 36.5 Å². The maximum Gasteiger partial charge on any atom is 0.150 e. The number of aryl methyl sites for hydroxylation is 1. The average Bonchev–Trinajstić information content (AvgIpc) is 2.63. The molecule has 0 aliphatic rings. The van der Waals surface area contributed by atoms with Crippen LogP contribution in [-0.4, -0.2) is 28.0 Å². The Labute approximate surface area is 167 Å². The number of hydrogen-bond donors (Lipinski definition) is 4. The van der Waals surface area contributed by atoms with Crippen LogP contribution >= 0.6 is 23.2 Å². The lowest BCUT2D eigenvalue weighted by Crippen LogP contribution is -2.16. The Kier molecular flexibility index (Phi) is 5.83. The third kappa shape index (κ3) is 4.69. The van der Waals surface area contributed by atoms with Gasteiger partial charge in [-0.25, -0.2) is 15.0 Å². The molecule has 0 aliphatic heterocycles. The number of hydrogen-bond acceptors (Lipinski definition) is 7. The first kappa shape index (κ1) is 19.0. The number of anilines is 4. The van der Waals surface area contributed by atoms with E-state index in [1.54, 1.807) is 24.4 Å². The molecule has 0 aliphatic carbocycles. The molecule has 0 unspecified atom stereocenters. The van der Waals surface area contributed by atoms with Crippen LogP contribution in [0.25, 0.3) is 11.3 Å². The van der Waals surface area contributed by atoms with Gasteiger partial charge in [0.15, 0.2) is 0 Å². The lowest BCUT2D eigenvalue weighted by atomic mass is 10.1. The fraction of sp³-hybridized carbons (Fsp3) is 0.167. The van der Waals surface area contributed by atoms with Gasteiger partial charge in [-0.2, -0.15) is 0 Å². The lowest BCUT2D eigenvalue weighted by molar-refractivity contribution is 1.04. The topological polar surface area (TPSA) is 115 Å². The molecule has 3 rings (SSSR count). The first-order chi connectivity index (χ1) is 12.9. The summed E-state index contributed by atoms with van der Waals surface area (Å²) >= 11 is 12.2. The van der Waals surface area contributed by atoms with Gasteiger partial charge in [0, 0.05) is 23.7 Å². The molecule has 7 nitrogen and oxygen atoms in total. The maximum absolute atomic E-state index is 6.25. The second kappa shape index (κ2) is 8.28. The van der Waals surface area contributed by atoms with Crippen molar-refractivity contribution in [3.05, 3.63) is 52.1 Å². The van der Waals surface area contributed by atoms with E-state index in [0.717, 1.165) is 11.4 Å². The van der Waals surface area contributed by atoms with Gasteiger partial charge in [0.25, 0.3) is 0 Å². The van der Waals surface area contributed by atoms with E-state index in [9.17, 15) is 0 Å². The number of benzene rings is 1. The number of nitrogen functional groups attached to an aromatic ring is 2. The predicted octanol–water partition coefficient (Wildman–Crippen LogP) is 3.84. The minimum Gasteiger partial charge on any atom is -0.383 e. The molecule has 0 saturated carbocycles. The first-order valence-electron chi connectivity index (χ1n) is 8.23. The van der Waals surface area contributed by atoms with Crippen molar-refractivity contribution in [1.82, 2.24) is 15.0 Å². The molecule has 0 saturated heterocycles. The molecule has 0 fully saturated rings. The molecule has 9 heteroatoms. The standard InChI is InChI=1S/C18H19Cl2N7/c1-10-2-5-14(27-17(10)21)23-6-7-24-15-9-25-18(22)16(26-15)12-4-3-11(19)8-13(12)20/h2-5,8-9H,6-7H2,1H3,(H2,22,25)(H,24,26)(H3,21,23,27). The van der Waals surface area contributed by atoms with Gasteiger partial charge in [-0.3, -0.25) is 0 Å². The van der Waals surface area contributed by atoms with E-state index in [4.69, 9.17) is 34.7 Å². The molecule has 140 valence electrons. The van der Waals surface area contributed by atoms with Gasteiger partial charge in [0.1, 0.15) is 29.0 Å². The Morgan fingerprint density at radius 2 is 1.67 bits per heavy atom. The molecule has 27 heavy (non-hydrogen) atoms. The quantitative estimate of drug-likeness (QED) is 0.462. The van der Waals surface area contributed by atoms with Crippen molar-refractivity contribution in [1.29, 1.82) is 0 Å². The molecule has 0 spiro atoms. The number of rotatable bonds is 6. The third-order valence-corrected chi connectivity index (χ3v) is 4.41. The van der Waals surface area contributed by atoms with Crippen molar-refractivity contribution in [3.8, 4) is 11.3 Å². The monoisotopic (exact) mass is 403 g/mol. The van der Waals surface area contributed by atoms with Crippen molar-refractivity contribution < 1.29 is 0 Å². The number of aromatic nitrogens is 3. The highest BCUT2D eigenvalue weighted by atomic mass is 35.5. The van der Waals surface area contributed by atoms with Crippen LogP contribution < -0.4 is 22.1 Å². The zero-order chi connectivity index (χ0) is 19.4. The van der Waals surface area contributed by atoms with E-state index in [0.29, 0.717) is 51.8 Å². The third-order valence-electron chi connectivity index (χ3n) is 3.86. The lowest BCUT2D eigenvalue weighted by Gasteiger charge is -2.11. The fourth-order valence-electron chi connectivity index (χ4n) is 2.39. The molecule has 1 aromatic carbocycles. The van der Waals surface area contributed by atoms with Gasteiger partial charge in [-0.05, 0) is 36.8 Å². The number of pyridine rings is 1. The summed E-state index contributed by atoms with van der Waals surface area (Å²) in [6, 6.07) is 8.95. The van der Waals surface area contributed by atoms with E-state index in [1.807, 2.05) is 19.1 Å². The zero-order valence-corrected chi connectivity index (χ0v) is 16.1. The van der Waals surface area contributed by atoms with Crippen LogP contribution in [0.2, 0.25) is 10.0 Å². The Hall–Kier alpha value is -2.77. The van der Waals surface area contributed by atoms with Gasteiger partial charge in [0.05, 0.1) is 11.2 Å². The number of nitrogens with zero attached hydrogens (tertiary/aromatic N) is 3. The van der Waals surface area contributed by atoms with Gasteiger partial charge < -0.3 is 22.1 Å². The van der Waals surface area contributed by atoms with Gasteiger partial charge in [0.2, 0.25) is 0 Å². The molecule has 0 radical (unpaired) electrons. The molecule has 0 amide bonds. The van der Waals surface area contributed by atoms with E-state index in [2.05, 4.69) is 25.6 Å². The summed E-state index contributed by atoms with van der Waals surface area (Å²) in [5, 5.41) is 7.39. The Morgan fingerprint density at radius 1 is 0.926 bits per heavy atom. The summed E-state index contributed by atoms with van der Waals surface area (Å²) in [5.74, 6) is 2.12. The van der Waals surface area contributed by atoms with Crippen molar-refractivity contribution in [3.63, 3.8) is 0 Å². The van der Waals surface area contributed by atoms with E-state index in [-0.39, 0.29) is 0 Å². The van der Waals surface area contributed by atoms with Gasteiger partial charge in [-0.1, -0.05) is 29.3 Å². The summed E-state index contributed by atoms with van der Waals surface area (Å²) < 4.78 is 0. The zero-order valence-electron chi connectivity index (χ0n) is 14.6. The van der Waals surface area contributed by atoms with Crippen molar-refractivity contribution in [2.45, 2.75) is 6.92 Å². The second-order valence-electron chi connectivity index (χ2n) is 5.87. The highest BCUT2D eigenvalue weighted by molar-refractivity contribution is 6.36. The molecule has 2 aromatic heterocycles. The van der Waals surface area contributed by atoms with E-state index >= 15 is 0 Å². The normalized spacial score (nSPS) is 10.6. The fourth-order valence-corrected chi connectivity index (χ4v) is 2.89. The minimum absolute atomic E-state index is 0.294. The molecular weight excluding hydrogens is 385 g/mol. The summed E-state index contributed by atoms with van der Waals surface area (Å²) in [6.45, 7) is 3.14. The largest absolute Gasteiger partial charge is 0.383 e. The molecular formula is C18H19Cl2N7. The van der Waals surface area contributed by atoms with Crippen LogP contribution in [0.3, 0.4) is 0 Å². The van der Waals surface area contributed by atoms with Crippen LogP contribution in [0.5, 0.6) is 0 Å². The molecule has 3 aromatic rings. The summed E-state index contributed by atoms with van der Waals surface area (Å²) in [5.41, 5.74) is 13.9. The van der Waals surface area contributed by atoms with Crippen LogP contribution in [-0.2, 0) is 0 Å². The summed E-state index contributed by atoms with van der Waals surface area (Å²) in [4.78, 5) is 13.0. The Morgan fingerprint density at radius 3 is 2.37 bits per heavy atom. The highest BCUT2D eigenvalue weighted by Crippen LogP contribution is 2.32. The number of halogens is 2. The number of nitrogens with two attached hydrogens (primary N) is 2. The predicted molar refractivity (Wildman–Crippen MR) is 112 cm³/mol. The highest BCUT2D eigenvalue weighted by Gasteiger charge is 2.11. The van der Waals surface area contributed by atoms with Crippen molar-refractivity contribution >= 4 is 46.5 Å². The Balaban J connectivity index is 1.65. The molecule has 0 atom stereocenters. The smallest absolute Gasteiger partial charge is 0.150 e. The van der Waals surface area contributed by atoms with Crippen LogP contribution in [0.4, 0.5) is 23.3 Å². The van der Waals surface area contributed by atoms with Crippen molar-refractivity contribution in [2.24, 2.45) is 0 Å². The molecule has 0 bridgehead atoms. The first-order valence-corrected chi connectivity index (χ1v) is 8.98. The van der Waals surface area contributed by atoms with Gasteiger partial charge in [-0.15, -0.1) is 0 Å². The molecule has 2 heterocycles. The minimum atomic E-state index is 0.294. The van der Waals surface area contributed by atoms with E-state index in [1.165, 1.54) is 0 Å². The Bertz CT molecular complexity index is 962. The summed E-state index contributed by atoms with van der Waals surface area (Å²) in [6.07, 6.45) is 1.57. The number of nitrogens with one attached hydrogen (secondary N) is 2. The maximum atomic E-state index is 6.25. The van der Waals surface area contributed by atoms with Gasteiger partial charge >= 0.3 is 0 Å². The van der Waals surface area contributed by atoms with Crippen molar-refractivity contribution in [2.75, 3.05) is 35.2 Å². The van der Waals surface area contributed by atoms with Crippen LogP contribution in [0, 0.1) is 6.92 Å². The van der Waals surface area contributed by atoms with E-state index < -0.39 is 0 Å². The second-order valence-corrected chi connectivity index (χ2v) is 6.71.